The highest BCUT2D eigenvalue weighted by Crippen LogP contribution is 2.21. The Morgan fingerprint density at radius 3 is 2.46 bits per heavy atom. The molecule has 0 radical (unpaired) electrons. The van der Waals surface area contributed by atoms with Gasteiger partial charge in [-0.05, 0) is 40.2 Å². The molecule has 0 amide bonds. The van der Waals surface area contributed by atoms with Crippen molar-refractivity contribution in [3.05, 3.63) is 46.8 Å². The SMILES string of the molecule is C/C=C/C=C/C(=O)O[C@H](C)C(=O)c1[nH]c(C)c(C(=O)OCC)c1C. The van der Waals surface area contributed by atoms with E-state index >= 15 is 0 Å². The van der Waals surface area contributed by atoms with Gasteiger partial charge in [-0.3, -0.25) is 4.79 Å². The van der Waals surface area contributed by atoms with E-state index in [0.717, 1.165) is 0 Å². The van der Waals surface area contributed by atoms with Gasteiger partial charge in [0.15, 0.2) is 6.10 Å². The van der Waals surface area contributed by atoms with Gasteiger partial charge in [-0.2, -0.15) is 0 Å². The molecular formula is C18H23NO5. The number of ether oxygens (including phenoxy) is 2. The van der Waals surface area contributed by atoms with Crippen molar-refractivity contribution in [2.45, 2.75) is 40.7 Å². The summed E-state index contributed by atoms with van der Waals surface area (Å²) in [5, 5.41) is 0. The van der Waals surface area contributed by atoms with Crippen molar-refractivity contribution in [1.82, 2.24) is 4.98 Å². The third-order valence-electron chi connectivity index (χ3n) is 3.36. The van der Waals surface area contributed by atoms with Crippen molar-refractivity contribution in [2.24, 2.45) is 0 Å². The summed E-state index contributed by atoms with van der Waals surface area (Å²) < 4.78 is 10.1. The Morgan fingerprint density at radius 1 is 1.21 bits per heavy atom. The van der Waals surface area contributed by atoms with E-state index in [1.54, 1.807) is 32.9 Å². The molecule has 1 atom stereocenters. The Balaban J connectivity index is 2.93. The number of esters is 2. The maximum atomic E-state index is 12.5. The molecule has 0 aliphatic heterocycles. The van der Waals surface area contributed by atoms with Crippen LogP contribution in [-0.4, -0.2) is 35.4 Å². The third-order valence-corrected chi connectivity index (χ3v) is 3.36. The molecule has 0 saturated heterocycles. The first-order chi connectivity index (χ1) is 11.3. The second kappa shape index (κ2) is 8.86. The summed E-state index contributed by atoms with van der Waals surface area (Å²) in [6.07, 6.45) is 5.24. The van der Waals surface area contributed by atoms with Crippen LogP contribution in [0.5, 0.6) is 0 Å². The lowest BCUT2D eigenvalue weighted by Gasteiger charge is -2.10. The van der Waals surface area contributed by atoms with Crippen LogP contribution in [0.25, 0.3) is 0 Å². The van der Waals surface area contributed by atoms with Gasteiger partial charge in [-0.25, -0.2) is 9.59 Å². The third kappa shape index (κ3) is 4.68. The number of aryl methyl sites for hydroxylation is 1. The monoisotopic (exact) mass is 333 g/mol. The van der Waals surface area contributed by atoms with E-state index in [-0.39, 0.29) is 12.3 Å². The molecule has 0 aromatic carbocycles. The molecule has 6 nitrogen and oxygen atoms in total. The highest BCUT2D eigenvalue weighted by atomic mass is 16.5. The minimum Gasteiger partial charge on any atom is -0.462 e. The number of hydrogen-bond donors (Lipinski definition) is 1. The fourth-order valence-corrected chi connectivity index (χ4v) is 2.22. The number of carbonyl (C=O) groups is 3. The summed E-state index contributed by atoms with van der Waals surface area (Å²) in [5.74, 6) is -1.50. The predicted molar refractivity (Wildman–Crippen MR) is 90.1 cm³/mol. The van der Waals surface area contributed by atoms with E-state index < -0.39 is 23.8 Å². The highest BCUT2D eigenvalue weighted by molar-refractivity contribution is 6.04. The van der Waals surface area contributed by atoms with E-state index in [9.17, 15) is 14.4 Å². The summed E-state index contributed by atoms with van der Waals surface area (Å²) in [4.78, 5) is 39.0. The predicted octanol–water partition coefficient (Wildman–Crippen LogP) is 3.05. The van der Waals surface area contributed by atoms with Crippen LogP contribution in [0, 0.1) is 13.8 Å². The number of H-pyrrole nitrogens is 1. The number of Topliss-reactive ketones (excluding diaryl/α,β-unsaturated/α-hetero) is 1. The highest BCUT2D eigenvalue weighted by Gasteiger charge is 2.27. The van der Waals surface area contributed by atoms with Gasteiger partial charge in [0.25, 0.3) is 0 Å². The van der Waals surface area contributed by atoms with Gasteiger partial charge >= 0.3 is 11.9 Å². The number of rotatable bonds is 7. The minimum atomic E-state index is -0.973. The number of allylic oxidation sites excluding steroid dienone is 3. The minimum absolute atomic E-state index is 0.244. The topological polar surface area (TPSA) is 85.5 Å². The summed E-state index contributed by atoms with van der Waals surface area (Å²) in [6.45, 7) is 8.61. The fraction of sp³-hybridized carbons (Fsp3) is 0.389. The van der Waals surface area contributed by atoms with Crippen LogP contribution in [-0.2, 0) is 14.3 Å². The molecule has 1 N–H and O–H groups in total. The van der Waals surface area contributed by atoms with Crippen LogP contribution in [0.1, 0.15) is 52.9 Å². The van der Waals surface area contributed by atoms with Crippen LogP contribution in [0.15, 0.2) is 24.3 Å². The smallest absolute Gasteiger partial charge is 0.340 e. The van der Waals surface area contributed by atoms with Crippen LogP contribution in [0.3, 0.4) is 0 Å². The van der Waals surface area contributed by atoms with Crippen LogP contribution < -0.4 is 0 Å². The van der Waals surface area contributed by atoms with Crippen molar-refractivity contribution < 1.29 is 23.9 Å². The first-order valence-electron chi connectivity index (χ1n) is 7.73. The molecule has 130 valence electrons. The number of carbonyl (C=O) groups excluding carboxylic acids is 3. The van der Waals surface area contributed by atoms with Gasteiger partial charge in [0.1, 0.15) is 0 Å². The molecule has 1 heterocycles. The summed E-state index contributed by atoms with van der Waals surface area (Å²) >= 11 is 0. The van der Waals surface area contributed by atoms with Crippen molar-refractivity contribution >= 4 is 17.7 Å². The number of aromatic nitrogens is 1. The first-order valence-corrected chi connectivity index (χ1v) is 7.73. The Labute approximate surface area is 141 Å². The average Bonchev–Trinajstić information content (AvgIpc) is 2.81. The Bertz CT molecular complexity index is 682. The van der Waals surface area contributed by atoms with Gasteiger partial charge in [0, 0.05) is 11.8 Å². The zero-order valence-corrected chi connectivity index (χ0v) is 14.6. The molecule has 0 fully saturated rings. The van der Waals surface area contributed by atoms with Gasteiger partial charge in [0.2, 0.25) is 5.78 Å². The molecule has 1 rings (SSSR count). The molecule has 0 unspecified atom stereocenters. The lowest BCUT2D eigenvalue weighted by Crippen LogP contribution is -2.24. The normalized spacial score (nSPS) is 12.5. The number of aromatic amines is 1. The first kappa shape index (κ1) is 19.4. The maximum Gasteiger partial charge on any atom is 0.340 e. The van der Waals surface area contributed by atoms with E-state index in [4.69, 9.17) is 9.47 Å². The average molecular weight is 333 g/mol. The molecular weight excluding hydrogens is 310 g/mol. The van der Waals surface area contributed by atoms with Crippen molar-refractivity contribution in [3.8, 4) is 0 Å². The standard InChI is InChI=1S/C18H23NO5/c1-6-8-9-10-14(20)24-13(5)17(21)16-11(3)15(12(4)19-16)18(22)23-7-2/h6,8-10,13,19H,7H2,1-5H3/b8-6+,10-9+/t13-/m1/s1. The Hall–Kier alpha value is -2.63. The van der Waals surface area contributed by atoms with Gasteiger partial charge in [-0.1, -0.05) is 18.2 Å². The zero-order chi connectivity index (χ0) is 18.3. The molecule has 0 spiro atoms. The van der Waals surface area contributed by atoms with Crippen molar-refractivity contribution in [1.29, 1.82) is 0 Å². The van der Waals surface area contributed by atoms with Gasteiger partial charge < -0.3 is 14.5 Å². The summed E-state index contributed by atoms with van der Waals surface area (Å²) in [7, 11) is 0. The molecule has 24 heavy (non-hydrogen) atoms. The Morgan fingerprint density at radius 2 is 1.88 bits per heavy atom. The van der Waals surface area contributed by atoms with Crippen LogP contribution in [0.2, 0.25) is 0 Å². The fourth-order valence-electron chi connectivity index (χ4n) is 2.22. The summed E-state index contributed by atoms with van der Waals surface area (Å²) in [5.41, 5.74) is 1.61. The van der Waals surface area contributed by atoms with Crippen LogP contribution >= 0.6 is 0 Å². The number of nitrogens with one attached hydrogen (secondary N) is 1. The quantitative estimate of drug-likeness (QED) is 0.359. The second-order valence-corrected chi connectivity index (χ2v) is 5.17. The Kier molecular flexibility index (Phi) is 7.17. The van der Waals surface area contributed by atoms with E-state index in [1.807, 2.05) is 6.92 Å². The lowest BCUT2D eigenvalue weighted by molar-refractivity contribution is -0.140. The van der Waals surface area contributed by atoms with Crippen molar-refractivity contribution in [3.63, 3.8) is 0 Å². The van der Waals surface area contributed by atoms with Crippen LogP contribution in [0.4, 0.5) is 0 Å². The molecule has 1 aromatic heterocycles. The summed E-state index contributed by atoms with van der Waals surface area (Å²) in [6, 6.07) is 0. The van der Waals surface area contributed by atoms with E-state index in [1.165, 1.54) is 19.1 Å². The van der Waals surface area contributed by atoms with Gasteiger partial charge in [-0.15, -0.1) is 0 Å². The number of ketones is 1. The van der Waals surface area contributed by atoms with E-state index in [2.05, 4.69) is 4.98 Å². The second-order valence-electron chi connectivity index (χ2n) is 5.17. The molecule has 0 bridgehead atoms. The van der Waals surface area contributed by atoms with Crippen molar-refractivity contribution in [2.75, 3.05) is 6.61 Å². The number of hydrogen-bond acceptors (Lipinski definition) is 5. The molecule has 6 heteroatoms. The molecule has 0 saturated carbocycles. The molecule has 1 aromatic rings. The lowest BCUT2D eigenvalue weighted by atomic mass is 10.1. The largest absolute Gasteiger partial charge is 0.462 e. The van der Waals surface area contributed by atoms with Gasteiger partial charge in [0.05, 0.1) is 17.9 Å². The zero-order valence-electron chi connectivity index (χ0n) is 14.6. The molecule has 0 aliphatic rings. The maximum absolute atomic E-state index is 12.5. The van der Waals surface area contributed by atoms with E-state index in [0.29, 0.717) is 16.8 Å². The molecule has 0 aliphatic carbocycles.